The van der Waals surface area contributed by atoms with Crippen LogP contribution in [0.2, 0.25) is 0 Å². The van der Waals surface area contributed by atoms with Crippen molar-refractivity contribution >= 4 is 10.0 Å². The van der Waals surface area contributed by atoms with Crippen molar-refractivity contribution in [3.05, 3.63) is 47.0 Å². The minimum Gasteiger partial charge on any atom is -0.312 e. The molecule has 0 radical (unpaired) electrons. The number of hydrogen-bond acceptors (Lipinski definition) is 5. The molecule has 2 heterocycles. The standard InChI is InChI=1S/C18H25F2N5O2S/c1-12(2)17(23-28(3,26)27)18-22-21-16-6-7-24(8-9-25(16)18)11-13-4-5-14(19)15(20)10-13/h4-5,10,12,17,23H,6-9,11H2,1-3H3/t17-/m0/s1. The van der Waals surface area contributed by atoms with E-state index in [4.69, 9.17) is 0 Å². The molecule has 1 aliphatic heterocycles. The van der Waals surface area contributed by atoms with Crippen molar-refractivity contribution in [1.82, 2.24) is 24.4 Å². The molecule has 1 aromatic heterocycles. The minimum atomic E-state index is -3.40. The molecule has 1 aromatic carbocycles. The maximum Gasteiger partial charge on any atom is 0.209 e. The Morgan fingerprint density at radius 2 is 1.89 bits per heavy atom. The Balaban J connectivity index is 1.76. The summed E-state index contributed by atoms with van der Waals surface area (Å²) in [6, 6.07) is 3.48. The summed E-state index contributed by atoms with van der Waals surface area (Å²) in [5.41, 5.74) is 0.704. The molecule has 0 spiro atoms. The van der Waals surface area contributed by atoms with E-state index in [0.717, 1.165) is 18.1 Å². The van der Waals surface area contributed by atoms with Gasteiger partial charge in [-0.2, -0.15) is 0 Å². The van der Waals surface area contributed by atoms with E-state index in [9.17, 15) is 17.2 Å². The zero-order chi connectivity index (χ0) is 20.5. The van der Waals surface area contributed by atoms with Crippen molar-refractivity contribution in [2.24, 2.45) is 5.92 Å². The maximum absolute atomic E-state index is 13.5. The van der Waals surface area contributed by atoms with Crippen LogP contribution in [-0.2, 0) is 29.5 Å². The van der Waals surface area contributed by atoms with Gasteiger partial charge in [-0.15, -0.1) is 10.2 Å². The van der Waals surface area contributed by atoms with Crippen LogP contribution in [0, 0.1) is 17.6 Å². The molecule has 1 atom stereocenters. The lowest BCUT2D eigenvalue weighted by Crippen LogP contribution is -2.33. The lowest BCUT2D eigenvalue weighted by atomic mass is 10.1. The van der Waals surface area contributed by atoms with Crippen molar-refractivity contribution in [3.63, 3.8) is 0 Å². The van der Waals surface area contributed by atoms with Crippen LogP contribution in [0.15, 0.2) is 18.2 Å². The van der Waals surface area contributed by atoms with Crippen molar-refractivity contribution in [3.8, 4) is 0 Å². The predicted molar refractivity (Wildman–Crippen MR) is 101 cm³/mol. The van der Waals surface area contributed by atoms with Crippen LogP contribution >= 0.6 is 0 Å². The Morgan fingerprint density at radius 1 is 1.14 bits per heavy atom. The van der Waals surface area contributed by atoms with Crippen molar-refractivity contribution in [2.45, 2.75) is 39.4 Å². The van der Waals surface area contributed by atoms with Gasteiger partial charge in [0.15, 0.2) is 17.5 Å². The summed E-state index contributed by atoms with van der Waals surface area (Å²) in [6.45, 7) is 6.31. The zero-order valence-corrected chi connectivity index (χ0v) is 17.0. The number of sulfonamides is 1. The summed E-state index contributed by atoms with van der Waals surface area (Å²) in [6.07, 6.45) is 1.77. The Bertz CT molecular complexity index is 945. The molecular weight excluding hydrogens is 388 g/mol. The summed E-state index contributed by atoms with van der Waals surface area (Å²) in [5.74, 6) is -0.301. The fourth-order valence-corrected chi connectivity index (χ4v) is 4.23. The van der Waals surface area contributed by atoms with Crippen LogP contribution in [0.5, 0.6) is 0 Å². The minimum absolute atomic E-state index is 0.00423. The van der Waals surface area contributed by atoms with Gasteiger partial charge >= 0.3 is 0 Å². The Morgan fingerprint density at radius 3 is 2.54 bits per heavy atom. The van der Waals surface area contributed by atoms with Gasteiger partial charge in [0.1, 0.15) is 5.82 Å². The van der Waals surface area contributed by atoms with Gasteiger partial charge in [-0.05, 0) is 23.6 Å². The number of benzene rings is 1. The molecule has 1 N–H and O–H groups in total. The van der Waals surface area contributed by atoms with Crippen LogP contribution in [-0.4, -0.2) is 47.4 Å². The van der Waals surface area contributed by atoms with Gasteiger partial charge in [0.05, 0.1) is 12.3 Å². The number of rotatable bonds is 6. The molecule has 10 heteroatoms. The highest BCUT2D eigenvalue weighted by Gasteiger charge is 2.28. The van der Waals surface area contributed by atoms with Crippen molar-refractivity contribution < 1.29 is 17.2 Å². The van der Waals surface area contributed by atoms with Crippen LogP contribution in [0.25, 0.3) is 0 Å². The third-order valence-electron chi connectivity index (χ3n) is 4.82. The highest BCUT2D eigenvalue weighted by Crippen LogP contribution is 2.23. The fraction of sp³-hybridized carbons (Fsp3) is 0.556. The van der Waals surface area contributed by atoms with Crippen LogP contribution < -0.4 is 4.72 Å². The summed E-state index contributed by atoms with van der Waals surface area (Å²) < 4.78 is 54.7. The molecule has 28 heavy (non-hydrogen) atoms. The second-order valence-corrected chi connectivity index (χ2v) is 9.29. The number of fused-ring (bicyclic) bond motifs is 1. The highest BCUT2D eigenvalue weighted by atomic mass is 32.2. The highest BCUT2D eigenvalue weighted by molar-refractivity contribution is 7.88. The number of nitrogens with one attached hydrogen (secondary N) is 1. The number of aromatic nitrogens is 3. The van der Waals surface area contributed by atoms with Gasteiger partial charge in [-0.3, -0.25) is 4.90 Å². The van der Waals surface area contributed by atoms with E-state index in [1.54, 1.807) is 6.07 Å². The second kappa shape index (κ2) is 8.22. The molecule has 154 valence electrons. The molecule has 0 fully saturated rings. The molecule has 0 bridgehead atoms. The average Bonchev–Trinajstić information content (AvgIpc) is 2.89. The third kappa shape index (κ3) is 4.92. The zero-order valence-electron chi connectivity index (χ0n) is 16.2. The van der Waals surface area contributed by atoms with Crippen LogP contribution in [0.3, 0.4) is 0 Å². The third-order valence-corrected chi connectivity index (χ3v) is 5.51. The summed E-state index contributed by atoms with van der Waals surface area (Å²) in [7, 11) is -3.40. The van der Waals surface area contributed by atoms with E-state index >= 15 is 0 Å². The molecular formula is C18H25F2N5O2S. The lowest BCUT2D eigenvalue weighted by Gasteiger charge is -2.22. The number of halogens is 2. The molecule has 0 unspecified atom stereocenters. The van der Waals surface area contributed by atoms with E-state index < -0.39 is 27.7 Å². The first-order valence-corrected chi connectivity index (χ1v) is 11.1. The number of nitrogens with zero attached hydrogens (tertiary/aromatic N) is 4. The largest absolute Gasteiger partial charge is 0.312 e. The summed E-state index contributed by atoms with van der Waals surface area (Å²) in [5, 5.41) is 8.51. The normalized spacial score (nSPS) is 16.8. The molecule has 7 nitrogen and oxygen atoms in total. The van der Waals surface area contributed by atoms with Crippen LogP contribution in [0.4, 0.5) is 8.78 Å². The van der Waals surface area contributed by atoms with Gasteiger partial charge in [-0.25, -0.2) is 21.9 Å². The first kappa shape index (κ1) is 20.8. The van der Waals surface area contributed by atoms with E-state index in [1.807, 2.05) is 18.4 Å². The smallest absolute Gasteiger partial charge is 0.209 e. The lowest BCUT2D eigenvalue weighted by molar-refractivity contribution is 0.268. The molecule has 3 rings (SSSR count). The molecule has 2 aromatic rings. The number of hydrogen-bond donors (Lipinski definition) is 1. The Kier molecular flexibility index (Phi) is 6.11. The maximum atomic E-state index is 13.5. The second-order valence-electron chi connectivity index (χ2n) is 7.51. The van der Waals surface area contributed by atoms with Gasteiger partial charge in [0.25, 0.3) is 0 Å². The van der Waals surface area contributed by atoms with E-state index in [2.05, 4.69) is 19.8 Å². The van der Waals surface area contributed by atoms with E-state index in [1.165, 1.54) is 6.07 Å². The van der Waals surface area contributed by atoms with Crippen molar-refractivity contribution in [2.75, 3.05) is 19.3 Å². The Hall–Kier alpha value is -1.91. The topological polar surface area (TPSA) is 80.1 Å². The van der Waals surface area contributed by atoms with Crippen molar-refractivity contribution in [1.29, 1.82) is 0 Å². The van der Waals surface area contributed by atoms with Gasteiger partial charge in [0.2, 0.25) is 10.0 Å². The quantitative estimate of drug-likeness (QED) is 0.782. The molecule has 1 aliphatic rings. The SMILES string of the molecule is CC(C)[C@H](NS(C)(=O)=O)c1nnc2n1CCN(Cc1ccc(F)c(F)c1)CC2. The fourth-order valence-electron chi connectivity index (χ4n) is 3.39. The van der Waals surface area contributed by atoms with E-state index in [0.29, 0.717) is 44.0 Å². The predicted octanol–water partition coefficient (Wildman–Crippen LogP) is 1.86. The van der Waals surface area contributed by atoms with Gasteiger partial charge in [0, 0.05) is 32.6 Å². The summed E-state index contributed by atoms with van der Waals surface area (Å²) >= 11 is 0. The molecule has 0 aliphatic carbocycles. The molecule has 0 saturated carbocycles. The summed E-state index contributed by atoms with van der Waals surface area (Å²) in [4.78, 5) is 2.14. The first-order chi connectivity index (χ1) is 13.1. The molecule has 0 saturated heterocycles. The Labute approximate surface area is 163 Å². The average molecular weight is 413 g/mol. The van der Waals surface area contributed by atoms with Crippen LogP contribution in [0.1, 0.15) is 37.1 Å². The van der Waals surface area contributed by atoms with E-state index in [-0.39, 0.29) is 5.92 Å². The monoisotopic (exact) mass is 413 g/mol. The van der Waals surface area contributed by atoms with Gasteiger partial charge in [-0.1, -0.05) is 19.9 Å². The first-order valence-electron chi connectivity index (χ1n) is 9.19. The van der Waals surface area contributed by atoms with Gasteiger partial charge < -0.3 is 4.57 Å². The molecule has 0 amide bonds.